The van der Waals surface area contributed by atoms with Crippen molar-refractivity contribution in [2.45, 2.75) is 19.4 Å². The fourth-order valence-corrected chi connectivity index (χ4v) is 3.34. The zero-order chi connectivity index (χ0) is 15.2. The van der Waals surface area contributed by atoms with E-state index in [1.54, 1.807) is 13.2 Å². The number of hydrogen-bond donors (Lipinski definition) is 1. The molecule has 2 aromatic rings. The molecule has 1 saturated carbocycles. The van der Waals surface area contributed by atoms with Crippen LogP contribution in [0.1, 0.15) is 12.8 Å². The smallest absolute Gasteiger partial charge is 0.297 e. The summed E-state index contributed by atoms with van der Waals surface area (Å²) in [5.74, 6) is 0.654. The summed E-state index contributed by atoms with van der Waals surface area (Å²) in [5, 5.41) is 0. The Bertz CT molecular complexity index is 797. The Balaban J connectivity index is 2.18. The molecular formula is C13H16BrN3O3S. The molecule has 8 heteroatoms. The minimum absolute atomic E-state index is 0.453. The van der Waals surface area contributed by atoms with E-state index in [1.165, 1.54) is 12.8 Å². The number of nitrogens with one attached hydrogen (secondary N) is 1. The minimum atomic E-state index is -3.37. The predicted octanol–water partition coefficient (Wildman–Crippen LogP) is 2.59. The third-order valence-electron chi connectivity index (χ3n) is 3.40. The number of fused-ring (bicyclic) bond motifs is 1. The number of halogens is 1. The zero-order valence-corrected chi connectivity index (χ0v) is 14.2. The van der Waals surface area contributed by atoms with Gasteiger partial charge in [-0.2, -0.15) is 4.98 Å². The number of anilines is 1. The molecule has 1 aliphatic carbocycles. The molecule has 1 aromatic heterocycles. The van der Waals surface area contributed by atoms with Crippen LogP contribution in [0.5, 0.6) is 6.01 Å². The maximum absolute atomic E-state index is 11.5. The summed E-state index contributed by atoms with van der Waals surface area (Å²) < 4.78 is 33.7. The Morgan fingerprint density at radius 2 is 2.19 bits per heavy atom. The third kappa shape index (κ3) is 3.16. The van der Waals surface area contributed by atoms with Gasteiger partial charge in [-0.05, 0) is 30.9 Å². The van der Waals surface area contributed by atoms with E-state index in [4.69, 9.17) is 4.74 Å². The first-order chi connectivity index (χ1) is 9.87. The molecule has 1 fully saturated rings. The van der Waals surface area contributed by atoms with Gasteiger partial charge in [0.05, 0.1) is 24.6 Å². The number of hydrogen-bond acceptors (Lipinski definition) is 4. The summed E-state index contributed by atoms with van der Waals surface area (Å²) in [5.41, 5.74) is 1.91. The molecule has 1 aromatic carbocycles. The highest BCUT2D eigenvalue weighted by molar-refractivity contribution is 9.10. The molecule has 0 radical (unpaired) electrons. The lowest BCUT2D eigenvalue weighted by Gasteiger charge is -2.08. The van der Waals surface area contributed by atoms with Gasteiger partial charge in [0, 0.05) is 11.0 Å². The maximum atomic E-state index is 11.5. The van der Waals surface area contributed by atoms with E-state index in [0.29, 0.717) is 23.1 Å². The number of sulfonamides is 1. The molecule has 114 valence electrons. The van der Waals surface area contributed by atoms with Gasteiger partial charge >= 0.3 is 0 Å². The van der Waals surface area contributed by atoms with Crippen molar-refractivity contribution >= 4 is 42.7 Å². The summed E-state index contributed by atoms with van der Waals surface area (Å²) in [6, 6.07) is 4.14. The molecule has 1 N–H and O–H groups in total. The van der Waals surface area contributed by atoms with Crippen LogP contribution in [0, 0.1) is 5.92 Å². The molecule has 1 aliphatic rings. The predicted molar refractivity (Wildman–Crippen MR) is 85.2 cm³/mol. The highest BCUT2D eigenvalue weighted by atomic mass is 79.9. The van der Waals surface area contributed by atoms with Crippen LogP contribution in [-0.4, -0.2) is 31.3 Å². The molecule has 0 aliphatic heterocycles. The van der Waals surface area contributed by atoms with E-state index in [1.807, 2.05) is 10.6 Å². The van der Waals surface area contributed by atoms with Gasteiger partial charge in [0.1, 0.15) is 5.52 Å². The van der Waals surface area contributed by atoms with Crippen molar-refractivity contribution in [3.63, 3.8) is 0 Å². The first-order valence-corrected chi connectivity index (χ1v) is 9.27. The minimum Gasteiger partial charge on any atom is -0.468 e. The van der Waals surface area contributed by atoms with Crippen LogP contribution in [0.4, 0.5) is 5.69 Å². The average molecular weight is 374 g/mol. The van der Waals surface area contributed by atoms with Crippen LogP contribution < -0.4 is 9.46 Å². The van der Waals surface area contributed by atoms with Crippen LogP contribution in [0.2, 0.25) is 0 Å². The number of imidazole rings is 1. The monoisotopic (exact) mass is 373 g/mol. The van der Waals surface area contributed by atoms with Gasteiger partial charge in [0.25, 0.3) is 6.01 Å². The Morgan fingerprint density at radius 1 is 1.48 bits per heavy atom. The number of aromatic nitrogens is 2. The lowest BCUT2D eigenvalue weighted by molar-refractivity contribution is 0.356. The van der Waals surface area contributed by atoms with E-state index in [0.717, 1.165) is 22.8 Å². The lowest BCUT2D eigenvalue weighted by Crippen LogP contribution is -2.10. The second-order valence-corrected chi connectivity index (χ2v) is 8.01. The number of ether oxygens (including phenoxy) is 1. The molecule has 0 atom stereocenters. The van der Waals surface area contributed by atoms with Gasteiger partial charge in [-0.15, -0.1) is 0 Å². The van der Waals surface area contributed by atoms with Gasteiger partial charge in [0.15, 0.2) is 0 Å². The van der Waals surface area contributed by atoms with Gasteiger partial charge < -0.3 is 4.74 Å². The van der Waals surface area contributed by atoms with Gasteiger partial charge in [0.2, 0.25) is 10.0 Å². The zero-order valence-electron chi connectivity index (χ0n) is 11.8. The number of methoxy groups -OCH3 is 1. The Hall–Kier alpha value is -1.28. The van der Waals surface area contributed by atoms with E-state index in [2.05, 4.69) is 25.6 Å². The molecule has 0 saturated heterocycles. The van der Waals surface area contributed by atoms with Crippen molar-refractivity contribution in [1.29, 1.82) is 0 Å². The molecular weight excluding hydrogens is 358 g/mol. The van der Waals surface area contributed by atoms with E-state index < -0.39 is 10.0 Å². The van der Waals surface area contributed by atoms with Crippen molar-refractivity contribution < 1.29 is 13.2 Å². The Kier molecular flexibility index (Phi) is 3.61. The number of nitrogens with zero attached hydrogens (tertiary/aromatic N) is 2. The van der Waals surface area contributed by atoms with Crippen LogP contribution in [0.3, 0.4) is 0 Å². The van der Waals surface area contributed by atoms with E-state index >= 15 is 0 Å². The van der Waals surface area contributed by atoms with Crippen LogP contribution in [0.25, 0.3) is 11.0 Å². The third-order valence-corrected chi connectivity index (χ3v) is 4.45. The van der Waals surface area contributed by atoms with E-state index in [9.17, 15) is 8.42 Å². The molecule has 3 rings (SSSR count). The summed E-state index contributed by atoms with van der Waals surface area (Å²) >= 11 is 3.42. The summed E-state index contributed by atoms with van der Waals surface area (Å²) in [6.45, 7) is 0.842. The topological polar surface area (TPSA) is 73.2 Å². The molecule has 1 heterocycles. The number of rotatable bonds is 5. The van der Waals surface area contributed by atoms with Crippen molar-refractivity contribution in [3.8, 4) is 6.01 Å². The van der Waals surface area contributed by atoms with E-state index in [-0.39, 0.29) is 0 Å². The first-order valence-electron chi connectivity index (χ1n) is 6.59. The Morgan fingerprint density at radius 3 is 2.76 bits per heavy atom. The van der Waals surface area contributed by atoms with Crippen molar-refractivity contribution in [2.75, 3.05) is 18.1 Å². The van der Waals surface area contributed by atoms with Crippen LogP contribution >= 0.6 is 15.9 Å². The fourth-order valence-electron chi connectivity index (χ4n) is 2.34. The maximum Gasteiger partial charge on any atom is 0.297 e. The van der Waals surface area contributed by atoms with Crippen LogP contribution in [-0.2, 0) is 16.6 Å². The van der Waals surface area contributed by atoms with Gasteiger partial charge in [-0.25, -0.2) is 8.42 Å². The summed E-state index contributed by atoms with van der Waals surface area (Å²) in [7, 11) is -1.79. The van der Waals surface area contributed by atoms with Crippen LogP contribution in [0.15, 0.2) is 16.6 Å². The van der Waals surface area contributed by atoms with Crippen molar-refractivity contribution in [2.24, 2.45) is 5.92 Å². The van der Waals surface area contributed by atoms with Crippen molar-refractivity contribution in [1.82, 2.24) is 9.55 Å². The summed E-state index contributed by atoms with van der Waals surface area (Å²) in [4.78, 5) is 4.43. The molecule has 6 nitrogen and oxygen atoms in total. The normalized spacial score (nSPS) is 15.4. The second kappa shape index (κ2) is 5.17. The number of benzene rings is 1. The largest absolute Gasteiger partial charge is 0.468 e. The SMILES string of the molecule is COc1nc2c(NS(C)(=O)=O)cc(Br)cc2n1CC1CC1. The molecule has 0 unspecified atom stereocenters. The van der Waals surface area contributed by atoms with Gasteiger partial charge in [-0.1, -0.05) is 15.9 Å². The lowest BCUT2D eigenvalue weighted by atomic mass is 10.2. The van der Waals surface area contributed by atoms with Gasteiger partial charge in [-0.3, -0.25) is 9.29 Å². The highest BCUT2D eigenvalue weighted by Crippen LogP contribution is 2.36. The standard InChI is InChI=1S/C13H16BrN3O3S/c1-20-13-15-12-10(16-21(2,18)19)5-9(14)6-11(12)17(13)7-8-3-4-8/h5-6,8,16H,3-4,7H2,1-2H3. The molecule has 0 spiro atoms. The van der Waals surface area contributed by atoms with Crippen molar-refractivity contribution in [3.05, 3.63) is 16.6 Å². The second-order valence-electron chi connectivity index (χ2n) is 5.35. The summed E-state index contributed by atoms with van der Waals surface area (Å²) in [6.07, 6.45) is 3.55. The molecule has 0 bridgehead atoms. The fraction of sp³-hybridized carbons (Fsp3) is 0.462. The quantitative estimate of drug-likeness (QED) is 0.873. The highest BCUT2D eigenvalue weighted by Gasteiger charge is 2.25. The first kappa shape index (κ1) is 14.6. The molecule has 21 heavy (non-hydrogen) atoms. The molecule has 0 amide bonds. The average Bonchev–Trinajstić information content (AvgIpc) is 3.10. The Labute approximate surface area is 131 Å².